The molecule has 0 atom stereocenters. The monoisotopic (exact) mass is 279 g/mol. The minimum atomic E-state index is 0.570. The van der Waals surface area contributed by atoms with Crippen molar-refractivity contribution in [2.24, 2.45) is 7.05 Å². The van der Waals surface area contributed by atoms with Crippen LogP contribution in [0.1, 0.15) is 17.7 Å². The van der Waals surface area contributed by atoms with Crippen LogP contribution < -0.4 is 0 Å². The summed E-state index contributed by atoms with van der Waals surface area (Å²) in [6.07, 6.45) is 2.38. The van der Waals surface area contributed by atoms with Gasteiger partial charge in [-0.15, -0.1) is 0 Å². The first kappa shape index (κ1) is 11.8. The van der Waals surface area contributed by atoms with Gasteiger partial charge in [-0.25, -0.2) is 0 Å². The summed E-state index contributed by atoms with van der Waals surface area (Å²) in [5.74, 6) is 0. The molecule has 3 rings (SSSR count). The lowest BCUT2D eigenvalue weighted by Crippen LogP contribution is -2.05. The van der Waals surface area contributed by atoms with Crippen LogP contribution >= 0.6 is 23.2 Å². The number of halogens is 2. The van der Waals surface area contributed by atoms with Crippen molar-refractivity contribution >= 4 is 45.4 Å². The van der Waals surface area contributed by atoms with Crippen LogP contribution in [-0.2, 0) is 18.3 Å². The van der Waals surface area contributed by atoms with Gasteiger partial charge >= 0.3 is 0 Å². The summed E-state index contributed by atoms with van der Waals surface area (Å²) in [6.45, 7) is 0. The van der Waals surface area contributed by atoms with Gasteiger partial charge in [0, 0.05) is 28.5 Å². The summed E-state index contributed by atoms with van der Waals surface area (Å²) < 4.78 is 2.03. The molecule has 0 unspecified atom stereocenters. The molecule has 0 amide bonds. The highest BCUT2D eigenvalue weighted by atomic mass is 35.5. The maximum absolute atomic E-state index is 11.0. The van der Waals surface area contributed by atoms with Gasteiger partial charge < -0.3 is 4.57 Å². The van der Waals surface area contributed by atoms with Crippen molar-refractivity contribution in [2.45, 2.75) is 12.8 Å². The van der Waals surface area contributed by atoms with E-state index in [1.54, 1.807) is 0 Å². The van der Waals surface area contributed by atoms with E-state index in [4.69, 9.17) is 23.2 Å². The van der Waals surface area contributed by atoms with Gasteiger partial charge in [-0.05, 0) is 36.6 Å². The van der Waals surface area contributed by atoms with Crippen molar-refractivity contribution in [3.63, 3.8) is 0 Å². The fourth-order valence-electron chi connectivity index (χ4n) is 2.66. The summed E-state index contributed by atoms with van der Waals surface area (Å²) in [5, 5.41) is 2.42. The number of fused-ring (bicyclic) bond motifs is 3. The highest BCUT2D eigenvalue weighted by molar-refractivity contribution is 6.51. The Morgan fingerprint density at radius 3 is 2.78 bits per heavy atom. The molecule has 92 valence electrons. The molecule has 0 saturated carbocycles. The average Bonchev–Trinajstić information content (AvgIpc) is 2.64. The van der Waals surface area contributed by atoms with Crippen LogP contribution in [0.4, 0.5) is 0 Å². The van der Waals surface area contributed by atoms with Crippen molar-refractivity contribution in [3.8, 4) is 0 Å². The van der Waals surface area contributed by atoms with Crippen LogP contribution in [0, 0.1) is 0 Å². The van der Waals surface area contributed by atoms with Crippen LogP contribution in [0.25, 0.3) is 15.9 Å². The number of hydrogen-bond acceptors (Lipinski definition) is 1. The van der Waals surface area contributed by atoms with E-state index in [0.29, 0.717) is 17.0 Å². The number of nitrogens with zero attached hydrogens (tertiary/aromatic N) is 1. The van der Waals surface area contributed by atoms with Gasteiger partial charge in [-0.1, -0.05) is 23.2 Å². The number of allylic oxidation sites excluding steroid dienone is 1. The van der Waals surface area contributed by atoms with Crippen LogP contribution in [0.3, 0.4) is 0 Å². The predicted molar refractivity (Wildman–Crippen MR) is 75.1 cm³/mol. The van der Waals surface area contributed by atoms with Gasteiger partial charge in [0.2, 0.25) is 0 Å². The Labute approximate surface area is 115 Å². The van der Waals surface area contributed by atoms with E-state index < -0.39 is 0 Å². The van der Waals surface area contributed by atoms with Crippen LogP contribution in [0.15, 0.2) is 23.8 Å². The fourth-order valence-corrected chi connectivity index (χ4v) is 3.21. The Morgan fingerprint density at radius 1 is 1.28 bits per heavy atom. The zero-order valence-corrected chi connectivity index (χ0v) is 11.3. The molecule has 0 N–H and O–H groups in total. The lowest BCUT2D eigenvalue weighted by atomic mass is 9.95. The summed E-state index contributed by atoms with van der Waals surface area (Å²) in [5.41, 5.74) is 3.91. The van der Waals surface area contributed by atoms with Crippen molar-refractivity contribution in [1.29, 1.82) is 0 Å². The Balaban J connectivity index is 2.41. The molecule has 2 nitrogen and oxygen atoms in total. The quantitative estimate of drug-likeness (QED) is 0.725. The second-order valence-corrected chi connectivity index (χ2v) is 5.32. The Kier molecular flexibility index (Phi) is 2.72. The Morgan fingerprint density at radius 2 is 2.06 bits per heavy atom. The van der Waals surface area contributed by atoms with Crippen molar-refractivity contribution in [3.05, 3.63) is 40.1 Å². The average molecular weight is 280 g/mol. The number of carbonyl (C=O) groups is 1. The Hall–Kier alpha value is -1.25. The number of aryl methyl sites for hydroxylation is 2. The molecule has 1 aliphatic carbocycles. The number of carbonyl (C=O) groups excluding carboxylic acids is 1. The van der Waals surface area contributed by atoms with Gasteiger partial charge in [-0.2, -0.15) is 0 Å². The second kappa shape index (κ2) is 4.15. The lowest BCUT2D eigenvalue weighted by Gasteiger charge is -2.14. The van der Waals surface area contributed by atoms with Gasteiger partial charge in [0.1, 0.15) is 6.29 Å². The predicted octanol–water partition coefficient (Wildman–Crippen LogP) is 3.93. The first-order chi connectivity index (χ1) is 8.63. The molecule has 0 spiro atoms. The van der Waals surface area contributed by atoms with Gasteiger partial charge in [0.05, 0.1) is 10.7 Å². The first-order valence-electron chi connectivity index (χ1n) is 5.74. The van der Waals surface area contributed by atoms with Crippen LogP contribution in [-0.4, -0.2) is 10.9 Å². The largest absolute Gasteiger partial charge is 0.343 e. The third-order valence-electron chi connectivity index (χ3n) is 3.54. The molecule has 1 aliphatic rings. The molecule has 4 heteroatoms. The zero-order valence-electron chi connectivity index (χ0n) is 9.84. The van der Waals surface area contributed by atoms with Crippen LogP contribution in [0.2, 0.25) is 5.02 Å². The number of hydrogen-bond donors (Lipinski definition) is 0. The third-order valence-corrected chi connectivity index (χ3v) is 4.20. The van der Waals surface area contributed by atoms with E-state index in [1.807, 2.05) is 29.8 Å². The molecule has 0 saturated heterocycles. The zero-order chi connectivity index (χ0) is 12.9. The highest BCUT2D eigenvalue weighted by Crippen LogP contribution is 2.39. The topological polar surface area (TPSA) is 22.0 Å². The molecular formula is C14H11Cl2NO. The van der Waals surface area contributed by atoms with Crippen molar-refractivity contribution in [1.82, 2.24) is 4.57 Å². The van der Waals surface area contributed by atoms with Gasteiger partial charge in [0.25, 0.3) is 0 Å². The van der Waals surface area contributed by atoms with E-state index in [-0.39, 0.29) is 0 Å². The maximum atomic E-state index is 11.0. The SMILES string of the molecule is Cn1c2c(c3cc(Cl)ccc31)CCC(C=O)=C2Cl. The molecule has 1 aromatic heterocycles. The molecule has 0 fully saturated rings. The summed E-state index contributed by atoms with van der Waals surface area (Å²) in [6, 6.07) is 5.82. The lowest BCUT2D eigenvalue weighted by molar-refractivity contribution is -0.105. The number of benzene rings is 1. The van der Waals surface area contributed by atoms with E-state index in [0.717, 1.165) is 34.3 Å². The fraction of sp³-hybridized carbons (Fsp3) is 0.214. The third kappa shape index (κ3) is 1.53. The van der Waals surface area contributed by atoms with E-state index in [2.05, 4.69) is 0 Å². The Bertz CT molecular complexity index is 697. The number of aldehydes is 1. The maximum Gasteiger partial charge on any atom is 0.147 e. The molecule has 1 heterocycles. The van der Waals surface area contributed by atoms with Gasteiger partial charge in [-0.3, -0.25) is 4.79 Å². The minimum Gasteiger partial charge on any atom is -0.343 e. The van der Waals surface area contributed by atoms with E-state index >= 15 is 0 Å². The smallest absolute Gasteiger partial charge is 0.147 e. The summed E-state index contributed by atoms with van der Waals surface area (Å²) >= 11 is 12.4. The standard InChI is InChI=1S/C14H11Cl2NO/c1-17-12-5-3-9(15)6-11(12)10-4-2-8(7-18)13(16)14(10)17/h3,5-7H,2,4H2,1H3. The molecule has 2 aromatic rings. The number of aromatic nitrogens is 1. The van der Waals surface area contributed by atoms with Gasteiger partial charge in [0.15, 0.2) is 0 Å². The molecule has 0 radical (unpaired) electrons. The molecule has 18 heavy (non-hydrogen) atoms. The minimum absolute atomic E-state index is 0.570. The molecule has 0 bridgehead atoms. The molecule has 1 aromatic carbocycles. The summed E-state index contributed by atoms with van der Waals surface area (Å²) in [4.78, 5) is 11.0. The van der Waals surface area contributed by atoms with Crippen LogP contribution in [0.5, 0.6) is 0 Å². The van der Waals surface area contributed by atoms with Crippen molar-refractivity contribution in [2.75, 3.05) is 0 Å². The second-order valence-electron chi connectivity index (χ2n) is 4.50. The number of rotatable bonds is 1. The summed E-state index contributed by atoms with van der Waals surface area (Å²) in [7, 11) is 1.96. The van der Waals surface area contributed by atoms with Crippen molar-refractivity contribution < 1.29 is 4.79 Å². The van der Waals surface area contributed by atoms with E-state index in [9.17, 15) is 4.79 Å². The molecule has 0 aliphatic heterocycles. The first-order valence-corrected chi connectivity index (χ1v) is 6.50. The van der Waals surface area contributed by atoms with E-state index in [1.165, 1.54) is 5.56 Å². The normalized spacial score (nSPS) is 15.1. The molecular weight excluding hydrogens is 269 g/mol. The highest BCUT2D eigenvalue weighted by Gasteiger charge is 2.24.